The summed E-state index contributed by atoms with van der Waals surface area (Å²) >= 11 is 4.91. The lowest BCUT2D eigenvalue weighted by Gasteiger charge is -2.24. The number of fused-ring (bicyclic) bond motifs is 6. The van der Waals surface area contributed by atoms with Crippen LogP contribution in [0.15, 0.2) is 133 Å². The zero-order chi connectivity index (χ0) is 25.9. The van der Waals surface area contributed by atoms with Crippen LogP contribution in [0.3, 0.4) is 0 Å². The van der Waals surface area contributed by atoms with E-state index in [9.17, 15) is 0 Å². The molecule has 1 aliphatic rings. The first kappa shape index (κ1) is 22.5. The van der Waals surface area contributed by atoms with Crippen molar-refractivity contribution < 1.29 is 0 Å². The predicted molar refractivity (Wildman–Crippen MR) is 169 cm³/mol. The van der Waals surface area contributed by atoms with E-state index in [1.165, 1.54) is 66.0 Å². The van der Waals surface area contributed by atoms with Crippen molar-refractivity contribution in [1.29, 1.82) is 0 Å². The van der Waals surface area contributed by atoms with Crippen molar-refractivity contribution in [2.45, 2.75) is 11.2 Å². The van der Waals surface area contributed by atoms with Gasteiger partial charge in [0.1, 0.15) is 0 Å². The van der Waals surface area contributed by atoms with Gasteiger partial charge in [-0.1, -0.05) is 97.1 Å². The largest absolute Gasteiger partial charge is 0.354 e. The Hall–Kier alpha value is -4.47. The molecule has 3 heteroatoms. The number of H-pyrrole nitrogens is 1. The van der Waals surface area contributed by atoms with E-state index >= 15 is 0 Å². The highest BCUT2D eigenvalue weighted by Gasteiger charge is 2.22. The highest BCUT2D eigenvalue weighted by atomic mass is 32.1. The lowest BCUT2D eigenvalue weighted by molar-refractivity contribution is 0.863. The lowest BCUT2D eigenvalue weighted by atomic mass is 9.90. The van der Waals surface area contributed by atoms with Gasteiger partial charge >= 0.3 is 0 Å². The van der Waals surface area contributed by atoms with E-state index < -0.39 is 0 Å². The topological polar surface area (TPSA) is 20.7 Å². The first-order valence-corrected chi connectivity index (χ1v) is 13.9. The summed E-state index contributed by atoms with van der Waals surface area (Å²) < 4.78 is 2.43. The van der Waals surface area contributed by atoms with Crippen LogP contribution in [0.4, 0.5) is 0 Å². The lowest BCUT2D eigenvalue weighted by Crippen LogP contribution is -2.13. The van der Waals surface area contributed by atoms with Crippen LogP contribution in [0.1, 0.15) is 11.5 Å². The number of aromatic nitrogens is 2. The second-order valence-electron chi connectivity index (χ2n) is 10.4. The van der Waals surface area contributed by atoms with E-state index in [2.05, 4.69) is 143 Å². The van der Waals surface area contributed by atoms with E-state index in [0.717, 1.165) is 0 Å². The van der Waals surface area contributed by atoms with Gasteiger partial charge in [0.25, 0.3) is 0 Å². The molecule has 0 radical (unpaired) electrons. The Kier molecular flexibility index (Phi) is 5.07. The molecule has 39 heavy (non-hydrogen) atoms. The second kappa shape index (κ2) is 8.79. The second-order valence-corrected chi connectivity index (χ2v) is 11.0. The maximum atomic E-state index is 4.91. The smallest absolute Gasteiger partial charge is 0.0541 e. The van der Waals surface area contributed by atoms with Crippen molar-refractivity contribution in [3.8, 4) is 16.8 Å². The highest BCUT2D eigenvalue weighted by Crippen LogP contribution is 2.39. The molecule has 5 aromatic carbocycles. The number of nitrogens with one attached hydrogen (secondary N) is 1. The number of rotatable bonds is 3. The molecule has 0 saturated carbocycles. The number of aromatic amines is 1. The van der Waals surface area contributed by atoms with Crippen molar-refractivity contribution >= 4 is 56.2 Å². The van der Waals surface area contributed by atoms with Gasteiger partial charge in [0.15, 0.2) is 0 Å². The first-order chi connectivity index (χ1) is 19.3. The zero-order valence-corrected chi connectivity index (χ0v) is 22.1. The summed E-state index contributed by atoms with van der Waals surface area (Å²) in [6, 6.07) is 39.7. The van der Waals surface area contributed by atoms with Crippen molar-refractivity contribution in [2.24, 2.45) is 0 Å². The fraction of sp³-hybridized carbons (Fsp3) is 0.0556. The van der Waals surface area contributed by atoms with Crippen LogP contribution in [-0.2, 0) is 0 Å². The summed E-state index contributed by atoms with van der Waals surface area (Å²) in [7, 11) is 0. The molecule has 0 bridgehead atoms. The number of para-hydroxylation sites is 3. The van der Waals surface area contributed by atoms with Crippen LogP contribution in [0.5, 0.6) is 0 Å². The monoisotopic (exact) mass is 518 g/mol. The van der Waals surface area contributed by atoms with Crippen molar-refractivity contribution in [1.82, 2.24) is 9.55 Å². The Labute approximate surface area is 232 Å². The number of hydrogen-bond acceptors (Lipinski definition) is 1. The standard InChI is InChI=1S/C36H26N2S/c39-36-16-8-4-12-29(36)27-10-2-6-14-33(27)38-34-15-7-3-11-28(34)30-21-23(18-20-35(30)38)24-17-19-26-25-9-1-5-13-31(25)37-32(26)22-24/h1-22,29,36-37,39H. The maximum Gasteiger partial charge on any atom is 0.0541 e. The summed E-state index contributed by atoms with van der Waals surface area (Å²) in [5.41, 5.74) is 9.70. The van der Waals surface area contributed by atoms with E-state index in [0.29, 0.717) is 0 Å². The third kappa shape index (κ3) is 3.50. The van der Waals surface area contributed by atoms with Gasteiger partial charge in [-0.3, -0.25) is 0 Å². The van der Waals surface area contributed by atoms with Gasteiger partial charge in [-0.25, -0.2) is 0 Å². The van der Waals surface area contributed by atoms with Gasteiger partial charge in [0.2, 0.25) is 0 Å². The van der Waals surface area contributed by atoms with Gasteiger partial charge in [0.05, 0.1) is 16.7 Å². The minimum absolute atomic E-state index is 0.149. The summed E-state index contributed by atoms with van der Waals surface area (Å²) in [5, 5.41) is 5.20. The summed E-state index contributed by atoms with van der Waals surface area (Å²) in [5.74, 6) is 0.216. The molecule has 0 amide bonds. The quantitative estimate of drug-likeness (QED) is 0.217. The molecule has 7 aromatic rings. The molecule has 0 fully saturated rings. The third-order valence-corrected chi connectivity index (χ3v) is 8.65. The molecule has 0 spiro atoms. The molecule has 2 nitrogen and oxygen atoms in total. The molecule has 2 heterocycles. The van der Waals surface area contributed by atoms with E-state index in [4.69, 9.17) is 12.6 Å². The molecule has 8 rings (SSSR count). The summed E-state index contributed by atoms with van der Waals surface area (Å²) in [6.07, 6.45) is 8.66. The maximum absolute atomic E-state index is 4.91. The number of allylic oxidation sites excluding steroid dienone is 3. The van der Waals surface area contributed by atoms with Crippen molar-refractivity contribution in [2.75, 3.05) is 0 Å². The SMILES string of the molecule is SC1C=CC=CC1c1ccccc1-n1c2ccccc2c2cc(-c3ccc4c(c3)[nH]c3ccccc34)ccc21. The molecule has 1 N–H and O–H groups in total. The van der Waals surface area contributed by atoms with Crippen molar-refractivity contribution in [3.05, 3.63) is 139 Å². The van der Waals surface area contributed by atoms with Gasteiger partial charge in [-0.15, -0.1) is 0 Å². The molecular weight excluding hydrogens is 492 g/mol. The first-order valence-electron chi connectivity index (χ1n) is 13.4. The van der Waals surface area contributed by atoms with Crippen LogP contribution < -0.4 is 0 Å². The molecule has 186 valence electrons. The summed E-state index contributed by atoms with van der Waals surface area (Å²) in [6.45, 7) is 0. The minimum Gasteiger partial charge on any atom is -0.354 e. The Morgan fingerprint density at radius 3 is 2.18 bits per heavy atom. The minimum atomic E-state index is 0.149. The summed E-state index contributed by atoms with van der Waals surface area (Å²) in [4.78, 5) is 3.60. The molecule has 2 aromatic heterocycles. The van der Waals surface area contributed by atoms with Crippen LogP contribution >= 0.6 is 12.6 Å². The van der Waals surface area contributed by atoms with E-state index in [-0.39, 0.29) is 11.2 Å². The number of thiol groups is 1. The zero-order valence-electron chi connectivity index (χ0n) is 21.3. The predicted octanol–water partition coefficient (Wildman–Crippen LogP) is 9.59. The highest BCUT2D eigenvalue weighted by molar-refractivity contribution is 7.81. The molecular formula is C36H26N2S. The van der Waals surface area contributed by atoms with Gasteiger partial charge < -0.3 is 9.55 Å². The molecule has 0 saturated heterocycles. The Balaban J connectivity index is 1.33. The van der Waals surface area contributed by atoms with E-state index in [1.54, 1.807) is 0 Å². The Morgan fingerprint density at radius 2 is 1.26 bits per heavy atom. The average molecular weight is 519 g/mol. The number of nitrogens with zero attached hydrogens (tertiary/aromatic N) is 1. The Morgan fingerprint density at radius 1 is 0.564 bits per heavy atom. The van der Waals surface area contributed by atoms with Crippen LogP contribution in [-0.4, -0.2) is 14.8 Å². The van der Waals surface area contributed by atoms with Crippen LogP contribution in [0.2, 0.25) is 0 Å². The average Bonchev–Trinajstić information content (AvgIpc) is 3.52. The Bertz CT molecular complexity index is 2110. The fourth-order valence-electron chi connectivity index (χ4n) is 6.30. The van der Waals surface area contributed by atoms with Crippen LogP contribution in [0, 0.1) is 0 Å². The van der Waals surface area contributed by atoms with Crippen molar-refractivity contribution in [3.63, 3.8) is 0 Å². The van der Waals surface area contributed by atoms with Gasteiger partial charge in [0, 0.05) is 43.7 Å². The number of hydrogen-bond donors (Lipinski definition) is 2. The third-order valence-electron chi connectivity index (χ3n) is 8.15. The molecule has 2 atom stereocenters. The number of benzene rings is 5. The molecule has 0 aliphatic heterocycles. The fourth-order valence-corrected chi connectivity index (χ4v) is 6.66. The molecule has 2 unspecified atom stereocenters. The van der Waals surface area contributed by atoms with Crippen LogP contribution in [0.25, 0.3) is 60.4 Å². The van der Waals surface area contributed by atoms with Gasteiger partial charge in [-0.2, -0.15) is 12.6 Å². The van der Waals surface area contributed by atoms with Gasteiger partial charge in [-0.05, 0) is 53.1 Å². The molecule has 1 aliphatic carbocycles. The normalized spacial score (nSPS) is 17.2. The van der Waals surface area contributed by atoms with E-state index in [1.807, 2.05) is 0 Å².